The van der Waals surface area contributed by atoms with Gasteiger partial charge in [-0.15, -0.1) is 0 Å². The van der Waals surface area contributed by atoms with Crippen LogP contribution in [0, 0.1) is 0 Å². The molecule has 0 saturated carbocycles. The van der Waals surface area contributed by atoms with Crippen LogP contribution in [0.4, 0.5) is 5.69 Å². The number of aromatic nitrogens is 2. The molecule has 0 spiro atoms. The van der Waals surface area contributed by atoms with Crippen LogP contribution in [0.25, 0.3) is 21.8 Å². The summed E-state index contributed by atoms with van der Waals surface area (Å²) >= 11 is 0. The molecule has 0 bridgehead atoms. The highest BCUT2D eigenvalue weighted by atomic mass is 16.2. The number of amides is 1. The van der Waals surface area contributed by atoms with Crippen molar-refractivity contribution in [1.82, 2.24) is 9.97 Å². The molecule has 3 N–H and O–H groups in total. The Balaban J connectivity index is 1.74. The van der Waals surface area contributed by atoms with E-state index in [0.717, 1.165) is 22.8 Å². The van der Waals surface area contributed by atoms with Gasteiger partial charge in [-0.3, -0.25) is 9.59 Å². The van der Waals surface area contributed by atoms with Crippen LogP contribution in [0.3, 0.4) is 0 Å². The Morgan fingerprint density at radius 1 is 1.08 bits per heavy atom. The number of fused-ring (bicyclic) bond motifs is 3. The lowest BCUT2D eigenvalue weighted by atomic mass is 10.1. The Labute approximate surface area is 143 Å². The van der Waals surface area contributed by atoms with Crippen LogP contribution in [0.2, 0.25) is 0 Å². The van der Waals surface area contributed by atoms with Gasteiger partial charge in [-0.25, -0.2) is 0 Å². The summed E-state index contributed by atoms with van der Waals surface area (Å²) in [6, 6.07) is 15.1. The number of para-hydroxylation sites is 1. The predicted octanol–water partition coefficient (Wildman–Crippen LogP) is 3.82. The third kappa shape index (κ3) is 2.59. The maximum Gasteiger partial charge on any atom is 0.261 e. The van der Waals surface area contributed by atoms with E-state index in [-0.39, 0.29) is 5.56 Å². The molecule has 0 atom stereocenters. The van der Waals surface area contributed by atoms with Gasteiger partial charge in [0, 0.05) is 33.7 Å². The zero-order valence-corrected chi connectivity index (χ0v) is 13.7. The maximum atomic E-state index is 12.3. The lowest BCUT2D eigenvalue weighted by Crippen LogP contribution is -2.22. The van der Waals surface area contributed by atoms with Gasteiger partial charge in [0.25, 0.3) is 11.5 Å². The van der Waals surface area contributed by atoms with Crippen LogP contribution < -0.4 is 10.9 Å². The summed E-state index contributed by atoms with van der Waals surface area (Å²) in [5.74, 6) is -0.424. The van der Waals surface area contributed by atoms with Gasteiger partial charge >= 0.3 is 0 Å². The molecule has 2 aromatic carbocycles. The van der Waals surface area contributed by atoms with Gasteiger partial charge in [-0.2, -0.15) is 0 Å². The highest BCUT2D eigenvalue weighted by molar-refractivity contribution is 6.10. The van der Waals surface area contributed by atoms with Crippen molar-refractivity contribution in [3.63, 3.8) is 0 Å². The van der Waals surface area contributed by atoms with E-state index in [0.29, 0.717) is 5.69 Å². The summed E-state index contributed by atoms with van der Waals surface area (Å²) in [5.41, 5.74) is 3.67. The monoisotopic (exact) mass is 331 g/mol. The predicted molar refractivity (Wildman–Crippen MR) is 100 cm³/mol. The number of nitrogens with one attached hydrogen (secondary N) is 3. The largest absolute Gasteiger partial charge is 0.354 e. The summed E-state index contributed by atoms with van der Waals surface area (Å²) in [4.78, 5) is 30.0. The average molecular weight is 331 g/mol. The topological polar surface area (TPSA) is 77.8 Å². The summed E-state index contributed by atoms with van der Waals surface area (Å²) < 4.78 is 0. The summed E-state index contributed by atoms with van der Waals surface area (Å²) in [7, 11) is 0. The first kappa shape index (κ1) is 15.2. The van der Waals surface area contributed by atoms with E-state index in [1.54, 1.807) is 6.07 Å². The molecule has 4 rings (SSSR count). The van der Waals surface area contributed by atoms with Gasteiger partial charge in [0.05, 0.1) is 0 Å². The van der Waals surface area contributed by atoms with E-state index in [1.807, 2.05) is 18.2 Å². The average Bonchev–Trinajstić information content (AvgIpc) is 2.99. The number of aromatic amines is 2. The quantitative estimate of drug-likeness (QED) is 0.533. The minimum absolute atomic E-state index is 0.0903. The van der Waals surface area contributed by atoms with Crippen molar-refractivity contribution in [3.05, 3.63) is 76.2 Å². The number of rotatable bonds is 3. The fraction of sp³-hybridized carbons (Fsp3) is 0.100. The fourth-order valence-corrected chi connectivity index (χ4v) is 3.16. The van der Waals surface area contributed by atoms with Crippen LogP contribution in [-0.4, -0.2) is 15.9 Å². The van der Waals surface area contributed by atoms with Gasteiger partial charge in [0.15, 0.2) is 0 Å². The van der Waals surface area contributed by atoms with Gasteiger partial charge < -0.3 is 15.3 Å². The molecule has 0 aliphatic rings. The molecule has 0 unspecified atom stereocenters. The fourth-order valence-electron chi connectivity index (χ4n) is 3.16. The van der Waals surface area contributed by atoms with Crippen molar-refractivity contribution in [3.8, 4) is 0 Å². The molecule has 0 fully saturated rings. The van der Waals surface area contributed by atoms with Crippen molar-refractivity contribution < 1.29 is 4.79 Å². The lowest BCUT2D eigenvalue weighted by Gasteiger charge is -2.04. The minimum atomic E-state index is -0.424. The molecular formula is C20H17N3O2. The molecule has 0 aliphatic carbocycles. The van der Waals surface area contributed by atoms with Gasteiger partial charge in [-0.1, -0.05) is 31.2 Å². The SMILES string of the molecule is CCc1cccc2c1[nH]c1cc(NC(=O)c3ccc[nH]c3=O)ccc12. The second kappa shape index (κ2) is 5.94. The van der Waals surface area contributed by atoms with Gasteiger partial charge in [0.2, 0.25) is 0 Å². The molecular weight excluding hydrogens is 314 g/mol. The van der Waals surface area contributed by atoms with Crippen molar-refractivity contribution in [2.24, 2.45) is 0 Å². The lowest BCUT2D eigenvalue weighted by molar-refractivity contribution is 0.102. The minimum Gasteiger partial charge on any atom is -0.354 e. The van der Waals surface area contributed by atoms with Crippen LogP contribution in [0.15, 0.2) is 59.5 Å². The second-order valence-electron chi connectivity index (χ2n) is 5.95. The van der Waals surface area contributed by atoms with Crippen molar-refractivity contribution in [2.75, 3.05) is 5.32 Å². The second-order valence-corrected chi connectivity index (χ2v) is 5.95. The first-order chi connectivity index (χ1) is 12.2. The van der Waals surface area contributed by atoms with E-state index >= 15 is 0 Å². The normalized spacial score (nSPS) is 11.1. The summed E-state index contributed by atoms with van der Waals surface area (Å²) in [6.45, 7) is 2.13. The third-order valence-electron chi connectivity index (χ3n) is 4.42. The first-order valence-corrected chi connectivity index (χ1v) is 8.19. The van der Waals surface area contributed by atoms with Gasteiger partial charge in [0.1, 0.15) is 5.56 Å². The maximum absolute atomic E-state index is 12.3. The molecule has 0 saturated heterocycles. The molecule has 1 amide bonds. The van der Waals surface area contributed by atoms with Crippen LogP contribution >= 0.6 is 0 Å². The van der Waals surface area contributed by atoms with Crippen molar-refractivity contribution >= 4 is 33.4 Å². The number of carbonyl (C=O) groups excluding carboxylic acids is 1. The molecule has 0 radical (unpaired) electrons. The number of hydrogen-bond donors (Lipinski definition) is 3. The summed E-state index contributed by atoms with van der Waals surface area (Å²) in [6.07, 6.45) is 2.45. The highest BCUT2D eigenvalue weighted by Gasteiger charge is 2.12. The van der Waals surface area contributed by atoms with Crippen molar-refractivity contribution in [1.29, 1.82) is 0 Å². The van der Waals surface area contributed by atoms with Crippen LogP contribution in [0.1, 0.15) is 22.8 Å². The number of anilines is 1. The Bertz CT molecular complexity index is 1150. The molecule has 124 valence electrons. The Morgan fingerprint density at radius 3 is 2.76 bits per heavy atom. The standard InChI is InChI=1S/C20H17N3O2/c1-2-12-5-3-6-15-14-9-8-13(11-17(14)23-18(12)15)22-20(25)16-7-4-10-21-19(16)24/h3-11,23H,2H2,1H3,(H,21,24)(H,22,25). The number of pyridine rings is 1. The zero-order chi connectivity index (χ0) is 17.4. The molecule has 2 heterocycles. The number of carbonyl (C=O) groups is 1. The molecule has 25 heavy (non-hydrogen) atoms. The Hall–Kier alpha value is -3.34. The van der Waals surface area contributed by atoms with E-state index in [4.69, 9.17) is 0 Å². The number of hydrogen-bond acceptors (Lipinski definition) is 2. The number of benzene rings is 2. The van der Waals surface area contributed by atoms with E-state index in [2.05, 4.69) is 40.4 Å². The van der Waals surface area contributed by atoms with E-state index < -0.39 is 11.5 Å². The molecule has 2 aromatic heterocycles. The first-order valence-electron chi connectivity index (χ1n) is 8.19. The zero-order valence-electron chi connectivity index (χ0n) is 13.7. The van der Waals surface area contributed by atoms with Crippen molar-refractivity contribution in [2.45, 2.75) is 13.3 Å². The van der Waals surface area contributed by atoms with Crippen LogP contribution in [-0.2, 0) is 6.42 Å². The van der Waals surface area contributed by atoms with E-state index in [9.17, 15) is 9.59 Å². The Kier molecular flexibility index (Phi) is 3.61. The number of H-pyrrole nitrogens is 2. The highest BCUT2D eigenvalue weighted by Crippen LogP contribution is 2.29. The molecule has 0 aliphatic heterocycles. The molecule has 5 nitrogen and oxygen atoms in total. The molecule has 4 aromatic rings. The third-order valence-corrected chi connectivity index (χ3v) is 4.42. The smallest absolute Gasteiger partial charge is 0.261 e. The van der Waals surface area contributed by atoms with Crippen LogP contribution in [0.5, 0.6) is 0 Å². The van der Waals surface area contributed by atoms with Gasteiger partial charge in [-0.05, 0) is 36.2 Å². The number of aryl methyl sites for hydroxylation is 1. The summed E-state index contributed by atoms with van der Waals surface area (Å²) in [5, 5.41) is 5.07. The Morgan fingerprint density at radius 2 is 1.96 bits per heavy atom. The van der Waals surface area contributed by atoms with E-state index in [1.165, 1.54) is 23.2 Å². The molecule has 5 heteroatoms.